The number of piperazine rings is 1. The Labute approximate surface area is 197 Å². The number of hydrogen-bond acceptors (Lipinski definition) is 10. The summed E-state index contributed by atoms with van der Waals surface area (Å²) in [4.78, 5) is 36.6. The maximum absolute atomic E-state index is 12.7. The normalized spacial score (nSPS) is 15.0. The number of rotatable bonds is 6. The smallest absolute Gasteiger partial charge is 0.277 e. The van der Waals surface area contributed by atoms with Crippen molar-refractivity contribution in [1.82, 2.24) is 24.9 Å². The fourth-order valence-electron chi connectivity index (χ4n) is 3.59. The highest BCUT2D eigenvalue weighted by Gasteiger charge is 2.18. The van der Waals surface area contributed by atoms with Gasteiger partial charge in [0, 0.05) is 55.3 Å². The number of nitrogens with two attached hydrogens (primary N) is 1. The molecule has 1 saturated heterocycles. The van der Waals surface area contributed by atoms with Crippen molar-refractivity contribution in [3.63, 3.8) is 0 Å². The molecule has 5 rings (SSSR count). The van der Waals surface area contributed by atoms with Crippen LogP contribution in [-0.2, 0) is 11.2 Å². The van der Waals surface area contributed by atoms with Crippen molar-refractivity contribution in [2.75, 3.05) is 36.4 Å². The van der Waals surface area contributed by atoms with E-state index in [1.54, 1.807) is 11.6 Å². The second kappa shape index (κ2) is 9.35. The number of fused-ring (bicyclic) bond motifs is 1. The second-order valence-electron chi connectivity index (χ2n) is 7.65. The van der Waals surface area contributed by atoms with E-state index in [-0.39, 0.29) is 11.5 Å². The number of benzene rings is 1. The van der Waals surface area contributed by atoms with Gasteiger partial charge in [-0.2, -0.15) is 9.61 Å². The van der Waals surface area contributed by atoms with E-state index in [9.17, 15) is 9.59 Å². The molecule has 10 nitrogen and oxygen atoms in total. The third-order valence-electron chi connectivity index (χ3n) is 5.30. The standard InChI is InChI=1S/C21H22N8O2S2/c22-16(9-15-11-32-12-24-15)19(31)25-14-3-1-2-13(8-14)20-27-29-18(30)10-17(26-21(29)33-20)28-6-4-23-5-7-28/h1-3,8,10-12,16,23H,4-7,9,22H2,(H,25,31)/t16-/m1/s1. The van der Waals surface area contributed by atoms with Crippen LogP contribution in [0.3, 0.4) is 0 Å². The summed E-state index contributed by atoms with van der Waals surface area (Å²) < 4.78 is 1.32. The van der Waals surface area contributed by atoms with Crippen molar-refractivity contribution >= 4 is 45.0 Å². The lowest BCUT2D eigenvalue weighted by Crippen LogP contribution is -2.44. The van der Waals surface area contributed by atoms with Crippen LogP contribution < -0.4 is 26.8 Å². The zero-order valence-corrected chi connectivity index (χ0v) is 19.2. The van der Waals surface area contributed by atoms with Crippen LogP contribution in [0, 0.1) is 0 Å². The van der Waals surface area contributed by atoms with Gasteiger partial charge in [-0.15, -0.1) is 11.3 Å². The van der Waals surface area contributed by atoms with Gasteiger partial charge >= 0.3 is 0 Å². The first-order chi connectivity index (χ1) is 16.1. The van der Waals surface area contributed by atoms with Gasteiger partial charge in [0.1, 0.15) is 10.8 Å². The van der Waals surface area contributed by atoms with Gasteiger partial charge in [-0.05, 0) is 12.1 Å². The minimum atomic E-state index is -0.704. The molecule has 3 aromatic heterocycles. The summed E-state index contributed by atoms with van der Waals surface area (Å²) in [5.74, 6) is 0.384. The Bertz CT molecular complexity index is 1330. The van der Waals surface area contributed by atoms with Crippen LogP contribution in [0.4, 0.5) is 11.5 Å². The molecule has 4 N–H and O–H groups in total. The summed E-state index contributed by atoms with van der Waals surface area (Å²) in [6, 6.07) is 8.13. The molecule has 0 radical (unpaired) electrons. The molecular weight excluding hydrogens is 460 g/mol. The van der Waals surface area contributed by atoms with Crippen LogP contribution in [-0.4, -0.2) is 57.7 Å². The molecular formula is C21H22N8O2S2. The van der Waals surface area contributed by atoms with Gasteiger partial charge in [-0.3, -0.25) is 9.59 Å². The third-order valence-corrected chi connectivity index (χ3v) is 6.89. The maximum Gasteiger partial charge on any atom is 0.277 e. The molecule has 1 aromatic carbocycles. The van der Waals surface area contributed by atoms with Crippen molar-refractivity contribution in [2.24, 2.45) is 5.73 Å². The van der Waals surface area contributed by atoms with E-state index in [2.05, 4.69) is 30.6 Å². The first-order valence-electron chi connectivity index (χ1n) is 10.5. The fraction of sp³-hybridized carbons (Fsp3) is 0.286. The zero-order valence-electron chi connectivity index (χ0n) is 17.6. The lowest BCUT2D eigenvalue weighted by atomic mass is 10.1. The largest absolute Gasteiger partial charge is 0.354 e. The van der Waals surface area contributed by atoms with Gasteiger partial charge in [0.25, 0.3) is 5.56 Å². The van der Waals surface area contributed by atoms with Crippen LogP contribution >= 0.6 is 22.7 Å². The number of hydrogen-bond donors (Lipinski definition) is 3. The Morgan fingerprint density at radius 3 is 2.91 bits per heavy atom. The van der Waals surface area contributed by atoms with E-state index in [1.807, 2.05) is 23.6 Å². The molecule has 12 heteroatoms. The predicted octanol–water partition coefficient (Wildman–Crippen LogP) is 1.19. The summed E-state index contributed by atoms with van der Waals surface area (Å²) in [6.07, 6.45) is 0.372. The number of carbonyl (C=O) groups excluding carboxylic acids is 1. The highest BCUT2D eigenvalue weighted by Crippen LogP contribution is 2.27. The molecule has 0 aliphatic carbocycles. The summed E-state index contributed by atoms with van der Waals surface area (Å²) in [6.45, 7) is 3.34. The van der Waals surface area contributed by atoms with E-state index in [4.69, 9.17) is 5.73 Å². The molecule has 1 aliphatic rings. The topological polar surface area (TPSA) is 131 Å². The van der Waals surface area contributed by atoms with Gasteiger partial charge in [0.05, 0.1) is 17.2 Å². The second-order valence-corrected chi connectivity index (χ2v) is 9.33. The fourth-order valence-corrected chi connectivity index (χ4v) is 5.06. The molecule has 0 bridgehead atoms. The molecule has 33 heavy (non-hydrogen) atoms. The van der Waals surface area contributed by atoms with Crippen molar-refractivity contribution in [3.8, 4) is 10.6 Å². The Kier molecular flexibility index (Phi) is 6.13. The van der Waals surface area contributed by atoms with Crippen molar-refractivity contribution < 1.29 is 4.79 Å². The number of amides is 1. The predicted molar refractivity (Wildman–Crippen MR) is 130 cm³/mol. The molecule has 1 fully saturated rings. The number of thiazole rings is 1. The van der Waals surface area contributed by atoms with Crippen LogP contribution in [0.2, 0.25) is 0 Å². The highest BCUT2D eigenvalue weighted by atomic mass is 32.1. The summed E-state index contributed by atoms with van der Waals surface area (Å²) in [5, 5.41) is 13.1. The quantitative estimate of drug-likeness (QED) is 0.374. The van der Waals surface area contributed by atoms with Gasteiger partial charge < -0.3 is 21.3 Å². The average Bonchev–Trinajstić information content (AvgIpc) is 3.50. The zero-order chi connectivity index (χ0) is 22.8. The van der Waals surface area contributed by atoms with Gasteiger partial charge in [0.15, 0.2) is 0 Å². The molecule has 170 valence electrons. The number of aromatic nitrogens is 4. The van der Waals surface area contributed by atoms with Crippen LogP contribution in [0.25, 0.3) is 15.5 Å². The number of carbonyl (C=O) groups is 1. The summed E-state index contributed by atoms with van der Waals surface area (Å²) in [5.41, 5.74) is 9.72. The SMILES string of the molecule is N[C@H](Cc1cscn1)C(=O)Nc1cccc(-c2nn3c(=O)cc(N4CCNCC4)nc3s2)c1. The highest BCUT2D eigenvalue weighted by molar-refractivity contribution is 7.19. The summed E-state index contributed by atoms with van der Waals surface area (Å²) in [7, 11) is 0. The lowest BCUT2D eigenvalue weighted by molar-refractivity contribution is -0.117. The number of anilines is 2. The van der Waals surface area contributed by atoms with Crippen LogP contribution in [0.1, 0.15) is 5.69 Å². The first kappa shape index (κ1) is 21.6. The third kappa shape index (κ3) is 4.78. The first-order valence-corrected chi connectivity index (χ1v) is 12.2. The Morgan fingerprint density at radius 2 is 2.12 bits per heavy atom. The molecule has 4 heterocycles. The van der Waals surface area contributed by atoms with E-state index >= 15 is 0 Å². The minimum absolute atomic E-state index is 0.214. The Morgan fingerprint density at radius 1 is 1.27 bits per heavy atom. The van der Waals surface area contributed by atoms with Crippen molar-refractivity contribution in [3.05, 3.63) is 57.3 Å². The lowest BCUT2D eigenvalue weighted by Gasteiger charge is -2.27. The molecule has 4 aromatic rings. The van der Waals surface area contributed by atoms with Crippen LogP contribution in [0.15, 0.2) is 46.0 Å². The average molecular weight is 483 g/mol. The monoisotopic (exact) mass is 482 g/mol. The number of nitrogens with one attached hydrogen (secondary N) is 2. The molecule has 0 unspecified atom stereocenters. The van der Waals surface area contributed by atoms with Gasteiger partial charge in [-0.25, -0.2) is 9.97 Å². The Hall–Kier alpha value is -3.19. The van der Waals surface area contributed by atoms with E-state index < -0.39 is 6.04 Å². The Balaban J connectivity index is 1.36. The van der Waals surface area contributed by atoms with E-state index in [0.717, 1.165) is 37.4 Å². The minimum Gasteiger partial charge on any atom is -0.354 e. The van der Waals surface area contributed by atoms with E-state index in [1.165, 1.54) is 33.3 Å². The van der Waals surface area contributed by atoms with Gasteiger partial charge in [0.2, 0.25) is 10.9 Å². The molecule has 1 amide bonds. The van der Waals surface area contributed by atoms with Crippen molar-refractivity contribution in [2.45, 2.75) is 12.5 Å². The van der Waals surface area contributed by atoms with Crippen LogP contribution in [0.5, 0.6) is 0 Å². The van der Waals surface area contributed by atoms with Crippen molar-refractivity contribution in [1.29, 1.82) is 0 Å². The van der Waals surface area contributed by atoms with Gasteiger partial charge in [-0.1, -0.05) is 23.5 Å². The van der Waals surface area contributed by atoms with E-state index in [0.29, 0.717) is 27.9 Å². The maximum atomic E-state index is 12.7. The molecule has 1 aliphatic heterocycles. The molecule has 0 spiro atoms. The molecule has 0 saturated carbocycles. The summed E-state index contributed by atoms with van der Waals surface area (Å²) >= 11 is 2.80. The number of nitrogens with zero attached hydrogens (tertiary/aromatic N) is 5. The molecule has 1 atom stereocenters.